The quantitative estimate of drug-likeness (QED) is 0.877. The zero-order valence-corrected chi connectivity index (χ0v) is 12.1. The molecule has 2 aliphatic rings. The first-order valence-corrected chi connectivity index (χ1v) is 7.91. The number of rotatable bonds is 3. The highest BCUT2D eigenvalue weighted by Gasteiger charge is 2.34. The lowest BCUT2D eigenvalue weighted by molar-refractivity contribution is 0.0947. The summed E-state index contributed by atoms with van der Waals surface area (Å²) in [4.78, 5) is 16.9. The van der Waals surface area contributed by atoms with Crippen molar-refractivity contribution in [3.8, 4) is 0 Å². The van der Waals surface area contributed by atoms with Crippen molar-refractivity contribution in [3.05, 3.63) is 42.2 Å². The monoisotopic (exact) mass is 280 g/mol. The van der Waals surface area contributed by atoms with E-state index < -0.39 is 0 Å². The summed E-state index contributed by atoms with van der Waals surface area (Å²) in [6, 6.07) is 9.23. The molecule has 2 atom stereocenters. The van der Waals surface area contributed by atoms with E-state index in [0.29, 0.717) is 24.4 Å². The van der Waals surface area contributed by atoms with Crippen LogP contribution in [0.3, 0.4) is 0 Å². The third-order valence-corrected chi connectivity index (χ3v) is 5.03. The Bertz CT molecular complexity index is 664. The number of pyridine rings is 1. The third-order valence-electron chi connectivity index (χ3n) is 5.03. The first-order valence-electron chi connectivity index (χ1n) is 7.91. The summed E-state index contributed by atoms with van der Waals surface area (Å²) in [6.45, 7) is 0. The molecule has 1 aromatic heterocycles. The fraction of sp³-hybridized carbons (Fsp3) is 0.444. The Kier molecular flexibility index (Phi) is 3.23. The maximum atomic E-state index is 12.7. The predicted molar refractivity (Wildman–Crippen MR) is 83.4 cm³/mol. The van der Waals surface area contributed by atoms with Crippen molar-refractivity contribution >= 4 is 16.6 Å². The van der Waals surface area contributed by atoms with E-state index in [9.17, 15) is 4.79 Å². The van der Waals surface area contributed by atoms with Crippen LogP contribution in [0.5, 0.6) is 0 Å². The lowest BCUT2D eigenvalue weighted by atomic mass is 9.86. The number of carbonyl (C=O) groups excluding carboxylic acids is 1. The number of aromatic nitrogens is 1. The van der Waals surface area contributed by atoms with Gasteiger partial charge in [0.05, 0.1) is 0 Å². The van der Waals surface area contributed by atoms with E-state index in [2.05, 4.69) is 10.3 Å². The van der Waals surface area contributed by atoms with E-state index in [-0.39, 0.29) is 5.78 Å². The number of nitrogens with one attached hydrogen (secondary N) is 1. The summed E-state index contributed by atoms with van der Waals surface area (Å²) in [5, 5.41) is 5.73. The number of hydrogen-bond acceptors (Lipinski definition) is 3. The second-order valence-corrected chi connectivity index (χ2v) is 6.50. The summed E-state index contributed by atoms with van der Waals surface area (Å²) in [7, 11) is 0. The van der Waals surface area contributed by atoms with Crippen LogP contribution in [-0.4, -0.2) is 22.9 Å². The molecule has 0 saturated carbocycles. The van der Waals surface area contributed by atoms with Gasteiger partial charge in [0.2, 0.25) is 0 Å². The Balaban J connectivity index is 1.56. The van der Waals surface area contributed by atoms with Gasteiger partial charge in [-0.1, -0.05) is 18.2 Å². The number of Topliss-reactive ketones (excluding diaryl/α,β-unsaturated/α-hetero) is 1. The fourth-order valence-electron chi connectivity index (χ4n) is 4.07. The fourth-order valence-corrected chi connectivity index (χ4v) is 4.07. The molecule has 4 rings (SSSR count). The van der Waals surface area contributed by atoms with E-state index in [1.54, 1.807) is 6.20 Å². The van der Waals surface area contributed by atoms with Crippen LogP contribution in [0.2, 0.25) is 0 Å². The van der Waals surface area contributed by atoms with Gasteiger partial charge in [0.25, 0.3) is 0 Å². The molecular weight excluding hydrogens is 260 g/mol. The molecule has 0 spiro atoms. The van der Waals surface area contributed by atoms with Crippen LogP contribution < -0.4 is 5.32 Å². The molecule has 0 radical (unpaired) electrons. The van der Waals surface area contributed by atoms with Gasteiger partial charge in [0.1, 0.15) is 0 Å². The topological polar surface area (TPSA) is 42.0 Å². The molecule has 0 aliphatic carbocycles. The molecule has 108 valence electrons. The van der Waals surface area contributed by atoms with Crippen molar-refractivity contribution in [3.63, 3.8) is 0 Å². The predicted octanol–water partition coefficient (Wildman–Crippen LogP) is 3.34. The summed E-state index contributed by atoms with van der Waals surface area (Å²) >= 11 is 0. The van der Waals surface area contributed by atoms with E-state index in [1.807, 2.05) is 30.5 Å². The Morgan fingerprint density at radius 2 is 2.00 bits per heavy atom. The minimum atomic E-state index is 0.278. The molecule has 2 fully saturated rings. The van der Waals surface area contributed by atoms with Gasteiger partial charge >= 0.3 is 0 Å². The third kappa shape index (κ3) is 2.46. The number of fused-ring (bicyclic) bond motifs is 3. The first kappa shape index (κ1) is 13.0. The summed E-state index contributed by atoms with van der Waals surface area (Å²) in [5.41, 5.74) is 0.839. The first-order chi connectivity index (χ1) is 10.3. The largest absolute Gasteiger partial charge is 0.311 e. The number of ketones is 1. The lowest BCUT2D eigenvalue weighted by Crippen LogP contribution is -2.38. The normalized spacial score (nSPS) is 27.9. The Morgan fingerprint density at radius 3 is 2.81 bits per heavy atom. The van der Waals surface area contributed by atoms with Crippen LogP contribution in [0.25, 0.3) is 10.8 Å². The Hall–Kier alpha value is -1.74. The smallest absolute Gasteiger partial charge is 0.163 e. The average Bonchev–Trinajstić information content (AvgIpc) is 2.85. The Labute approximate surface area is 124 Å². The molecule has 1 aromatic carbocycles. The van der Waals surface area contributed by atoms with E-state index in [0.717, 1.165) is 29.2 Å². The van der Waals surface area contributed by atoms with Crippen LogP contribution in [0.1, 0.15) is 42.5 Å². The number of piperidine rings is 1. The standard InChI is InChI=1S/C18H20N2O/c21-18(10-12-8-14-4-5-15(9-12)20-14)16-3-1-2-13-6-7-19-11-17(13)16/h1-3,6-7,11-12,14-15,20H,4-5,8-10H2. The molecule has 2 aliphatic heterocycles. The van der Waals surface area contributed by atoms with Crippen LogP contribution in [-0.2, 0) is 0 Å². The van der Waals surface area contributed by atoms with E-state index in [1.165, 1.54) is 12.8 Å². The second-order valence-electron chi connectivity index (χ2n) is 6.50. The van der Waals surface area contributed by atoms with Crippen LogP contribution in [0.4, 0.5) is 0 Å². The van der Waals surface area contributed by atoms with E-state index in [4.69, 9.17) is 0 Å². The molecule has 3 heteroatoms. The van der Waals surface area contributed by atoms with Gasteiger partial charge < -0.3 is 5.32 Å². The molecule has 0 amide bonds. The van der Waals surface area contributed by atoms with Gasteiger partial charge in [-0.25, -0.2) is 0 Å². The Morgan fingerprint density at radius 1 is 1.19 bits per heavy atom. The van der Waals surface area contributed by atoms with Gasteiger partial charge in [-0.2, -0.15) is 0 Å². The average molecular weight is 280 g/mol. The SMILES string of the molecule is O=C(CC1CC2CCC(C1)N2)c1cccc2ccncc12. The van der Waals surface area contributed by atoms with Crippen LogP contribution in [0.15, 0.2) is 36.7 Å². The zero-order chi connectivity index (χ0) is 14.2. The highest BCUT2D eigenvalue weighted by Crippen LogP contribution is 2.33. The minimum absolute atomic E-state index is 0.278. The summed E-state index contributed by atoms with van der Waals surface area (Å²) < 4.78 is 0. The number of hydrogen-bond donors (Lipinski definition) is 1. The second kappa shape index (κ2) is 5.23. The molecule has 2 bridgehead atoms. The molecular formula is C18H20N2O. The van der Waals surface area contributed by atoms with Crippen molar-refractivity contribution in [1.29, 1.82) is 0 Å². The van der Waals surface area contributed by atoms with Crippen molar-refractivity contribution in [1.82, 2.24) is 10.3 Å². The van der Waals surface area contributed by atoms with E-state index >= 15 is 0 Å². The van der Waals surface area contributed by atoms with Gasteiger partial charge in [0.15, 0.2) is 5.78 Å². The highest BCUT2D eigenvalue weighted by molar-refractivity contribution is 6.07. The highest BCUT2D eigenvalue weighted by atomic mass is 16.1. The molecule has 3 heterocycles. The van der Waals surface area contributed by atoms with Gasteiger partial charge in [-0.05, 0) is 43.1 Å². The number of carbonyl (C=O) groups is 1. The number of benzene rings is 1. The molecule has 21 heavy (non-hydrogen) atoms. The molecule has 2 saturated heterocycles. The summed E-state index contributed by atoms with van der Waals surface area (Å²) in [6.07, 6.45) is 9.16. The van der Waals surface area contributed by atoms with Gasteiger partial charge in [-0.15, -0.1) is 0 Å². The molecule has 1 N–H and O–H groups in total. The minimum Gasteiger partial charge on any atom is -0.311 e. The van der Waals surface area contributed by atoms with Crippen LogP contribution >= 0.6 is 0 Å². The number of nitrogens with zero attached hydrogens (tertiary/aromatic N) is 1. The maximum Gasteiger partial charge on any atom is 0.163 e. The lowest BCUT2D eigenvalue weighted by Gasteiger charge is -2.28. The van der Waals surface area contributed by atoms with Crippen LogP contribution in [0, 0.1) is 5.92 Å². The summed E-state index contributed by atoms with van der Waals surface area (Å²) in [5.74, 6) is 0.822. The van der Waals surface area contributed by atoms with Crippen molar-refractivity contribution in [2.75, 3.05) is 0 Å². The molecule has 3 nitrogen and oxygen atoms in total. The van der Waals surface area contributed by atoms with Gasteiger partial charge in [0, 0.05) is 41.8 Å². The van der Waals surface area contributed by atoms with Gasteiger partial charge in [-0.3, -0.25) is 9.78 Å². The maximum absolute atomic E-state index is 12.7. The van der Waals surface area contributed by atoms with Crippen molar-refractivity contribution in [2.24, 2.45) is 5.92 Å². The molecule has 2 unspecified atom stereocenters. The van der Waals surface area contributed by atoms with Crippen molar-refractivity contribution in [2.45, 2.75) is 44.2 Å². The van der Waals surface area contributed by atoms with Crippen molar-refractivity contribution < 1.29 is 4.79 Å². The zero-order valence-electron chi connectivity index (χ0n) is 12.1. The molecule has 2 aromatic rings.